The summed E-state index contributed by atoms with van der Waals surface area (Å²) in [6.07, 6.45) is 1.45. The van der Waals surface area contributed by atoms with E-state index in [-0.39, 0.29) is 43.8 Å². The van der Waals surface area contributed by atoms with Crippen molar-refractivity contribution in [1.82, 2.24) is 10.2 Å². The molecule has 0 fully saturated rings. The highest BCUT2D eigenvalue weighted by molar-refractivity contribution is 7.92. The fourth-order valence-electron chi connectivity index (χ4n) is 3.41. The topological polar surface area (TPSA) is 86.8 Å². The highest BCUT2D eigenvalue weighted by atomic mass is 35.5. The molecule has 0 radical (unpaired) electrons. The fraction of sp³-hybridized carbons (Fsp3) is 0.417. The van der Waals surface area contributed by atoms with Gasteiger partial charge in [0.1, 0.15) is 6.04 Å². The Morgan fingerprint density at radius 3 is 2.21 bits per heavy atom. The van der Waals surface area contributed by atoms with Crippen LogP contribution in [-0.2, 0) is 26.2 Å². The Labute approximate surface area is 212 Å². The first kappa shape index (κ1) is 28.0. The third-order valence-corrected chi connectivity index (χ3v) is 6.79. The van der Waals surface area contributed by atoms with Crippen LogP contribution in [0.4, 0.5) is 5.69 Å². The van der Waals surface area contributed by atoms with E-state index in [2.05, 4.69) is 5.32 Å². The third-order valence-electron chi connectivity index (χ3n) is 5.11. The molecule has 0 aromatic heterocycles. The highest BCUT2D eigenvalue weighted by Crippen LogP contribution is 2.23. The summed E-state index contributed by atoms with van der Waals surface area (Å²) in [4.78, 5) is 27.4. The standard InChI is InChI=1S/C24H31Cl2N3O4S/c1-17(2)27-24(31)18(3)28(16-19-10-12-20(25)13-11-19)23(30)9-6-14-29(34(4,32)33)22-8-5-7-21(26)15-22/h5,7-8,10-13,15,17-18H,6,9,14,16H2,1-4H3,(H,27,31). The van der Waals surface area contributed by atoms with Crippen LogP contribution in [0, 0.1) is 0 Å². The number of anilines is 1. The smallest absolute Gasteiger partial charge is 0.242 e. The second-order valence-electron chi connectivity index (χ2n) is 8.41. The van der Waals surface area contributed by atoms with Gasteiger partial charge in [-0.15, -0.1) is 0 Å². The van der Waals surface area contributed by atoms with Crippen LogP contribution < -0.4 is 9.62 Å². The van der Waals surface area contributed by atoms with Crippen molar-refractivity contribution in [2.24, 2.45) is 0 Å². The van der Waals surface area contributed by atoms with E-state index in [1.165, 1.54) is 9.21 Å². The maximum atomic E-state index is 13.2. The molecule has 186 valence electrons. The first-order chi connectivity index (χ1) is 15.9. The van der Waals surface area contributed by atoms with Gasteiger partial charge < -0.3 is 10.2 Å². The van der Waals surface area contributed by atoms with E-state index in [9.17, 15) is 18.0 Å². The second kappa shape index (κ2) is 12.4. The number of hydrogen-bond acceptors (Lipinski definition) is 4. The molecule has 0 aliphatic heterocycles. The SMILES string of the molecule is CC(C)NC(=O)C(C)N(Cc1ccc(Cl)cc1)C(=O)CCCN(c1cccc(Cl)c1)S(C)(=O)=O. The summed E-state index contributed by atoms with van der Waals surface area (Å²) in [5.74, 6) is -0.505. The van der Waals surface area contributed by atoms with Crippen molar-refractivity contribution in [3.63, 3.8) is 0 Å². The molecule has 1 unspecified atom stereocenters. The van der Waals surface area contributed by atoms with Gasteiger partial charge in [-0.05, 0) is 63.1 Å². The normalized spacial score (nSPS) is 12.3. The zero-order valence-corrected chi connectivity index (χ0v) is 22.1. The van der Waals surface area contributed by atoms with E-state index in [0.29, 0.717) is 15.7 Å². The lowest BCUT2D eigenvalue weighted by Gasteiger charge is -2.30. The number of carbonyl (C=O) groups excluding carboxylic acids is 2. The quantitative estimate of drug-likeness (QED) is 0.466. The van der Waals surface area contributed by atoms with Crippen LogP contribution in [-0.4, -0.2) is 50.0 Å². The Hall–Kier alpha value is -2.29. The van der Waals surface area contributed by atoms with Crippen LogP contribution >= 0.6 is 23.2 Å². The molecule has 2 aromatic carbocycles. The maximum Gasteiger partial charge on any atom is 0.242 e. The number of nitrogens with one attached hydrogen (secondary N) is 1. The van der Waals surface area contributed by atoms with Crippen molar-refractivity contribution >= 4 is 50.7 Å². The largest absolute Gasteiger partial charge is 0.352 e. The molecule has 2 amide bonds. The lowest BCUT2D eigenvalue weighted by atomic mass is 10.1. The number of benzene rings is 2. The molecule has 0 heterocycles. The number of sulfonamides is 1. The summed E-state index contributed by atoms with van der Waals surface area (Å²) in [7, 11) is -3.58. The van der Waals surface area contributed by atoms with E-state index in [1.807, 2.05) is 13.8 Å². The van der Waals surface area contributed by atoms with Crippen molar-refractivity contribution in [1.29, 1.82) is 0 Å². The first-order valence-electron chi connectivity index (χ1n) is 11.0. The third kappa shape index (κ3) is 8.49. The van der Waals surface area contributed by atoms with Crippen LogP contribution in [0.25, 0.3) is 0 Å². The minimum absolute atomic E-state index is 0.0663. The number of amides is 2. The Morgan fingerprint density at radius 1 is 1.00 bits per heavy atom. The van der Waals surface area contributed by atoms with Crippen LogP contribution in [0.15, 0.2) is 48.5 Å². The number of rotatable bonds is 11. The van der Waals surface area contributed by atoms with Gasteiger partial charge in [0.2, 0.25) is 21.8 Å². The molecule has 1 atom stereocenters. The predicted octanol–water partition coefficient (Wildman–Crippen LogP) is 4.48. The van der Waals surface area contributed by atoms with Crippen LogP contribution in [0.5, 0.6) is 0 Å². The predicted molar refractivity (Wildman–Crippen MR) is 138 cm³/mol. The average Bonchev–Trinajstić information content (AvgIpc) is 2.74. The first-order valence-corrected chi connectivity index (χ1v) is 13.6. The van der Waals surface area contributed by atoms with Gasteiger partial charge >= 0.3 is 0 Å². The maximum absolute atomic E-state index is 13.2. The number of hydrogen-bond donors (Lipinski definition) is 1. The number of carbonyl (C=O) groups is 2. The Balaban J connectivity index is 2.16. The van der Waals surface area contributed by atoms with Crippen LogP contribution in [0.3, 0.4) is 0 Å². The van der Waals surface area contributed by atoms with Gasteiger partial charge in [0, 0.05) is 35.6 Å². The van der Waals surface area contributed by atoms with Crippen molar-refractivity contribution in [2.75, 3.05) is 17.1 Å². The van der Waals surface area contributed by atoms with Crippen molar-refractivity contribution < 1.29 is 18.0 Å². The summed E-state index contributed by atoms with van der Waals surface area (Å²) < 4.78 is 25.9. The molecule has 1 N–H and O–H groups in total. The Bertz CT molecular complexity index is 1090. The molecule has 0 saturated heterocycles. The zero-order valence-electron chi connectivity index (χ0n) is 19.8. The van der Waals surface area contributed by atoms with Gasteiger partial charge in [-0.2, -0.15) is 0 Å². The van der Waals surface area contributed by atoms with Crippen molar-refractivity contribution in [2.45, 2.75) is 52.2 Å². The summed E-state index contributed by atoms with van der Waals surface area (Å²) in [6.45, 7) is 5.72. The molecular formula is C24H31Cl2N3O4S. The van der Waals surface area contributed by atoms with E-state index >= 15 is 0 Å². The van der Waals surface area contributed by atoms with E-state index < -0.39 is 16.1 Å². The van der Waals surface area contributed by atoms with Gasteiger partial charge in [0.05, 0.1) is 11.9 Å². The van der Waals surface area contributed by atoms with Crippen molar-refractivity contribution in [3.8, 4) is 0 Å². The molecule has 0 saturated carbocycles. The van der Waals surface area contributed by atoms with Crippen molar-refractivity contribution in [3.05, 3.63) is 64.1 Å². The highest BCUT2D eigenvalue weighted by Gasteiger charge is 2.27. The summed E-state index contributed by atoms with van der Waals surface area (Å²) >= 11 is 12.0. The van der Waals surface area contributed by atoms with Gasteiger partial charge in [0.25, 0.3) is 0 Å². The minimum Gasteiger partial charge on any atom is -0.352 e. The molecule has 2 rings (SSSR count). The number of nitrogens with zero attached hydrogens (tertiary/aromatic N) is 2. The molecule has 0 aliphatic rings. The molecule has 0 aliphatic carbocycles. The van der Waals surface area contributed by atoms with E-state index in [1.54, 1.807) is 55.5 Å². The zero-order chi connectivity index (χ0) is 25.5. The minimum atomic E-state index is -3.58. The molecule has 0 bridgehead atoms. The van der Waals surface area contributed by atoms with Crippen LogP contribution in [0.1, 0.15) is 39.2 Å². The Kier molecular flexibility index (Phi) is 10.2. The monoisotopic (exact) mass is 527 g/mol. The van der Waals surface area contributed by atoms with E-state index in [0.717, 1.165) is 11.8 Å². The molecular weight excluding hydrogens is 497 g/mol. The van der Waals surface area contributed by atoms with Gasteiger partial charge in [-0.3, -0.25) is 13.9 Å². The summed E-state index contributed by atoms with van der Waals surface area (Å²) in [5.41, 5.74) is 1.27. The summed E-state index contributed by atoms with van der Waals surface area (Å²) in [6, 6.07) is 12.8. The molecule has 2 aromatic rings. The fourth-order valence-corrected chi connectivity index (χ4v) is 4.68. The molecule has 10 heteroatoms. The average molecular weight is 529 g/mol. The number of halogens is 2. The molecule has 34 heavy (non-hydrogen) atoms. The Morgan fingerprint density at radius 2 is 1.65 bits per heavy atom. The van der Waals surface area contributed by atoms with Gasteiger partial charge in [0.15, 0.2) is 0 Å². The lowest BCUT2D eigenvalue weighted by molar-refractivity contribution is -0.140. The van der Waals surface area contributed by atoms with Gasteiger partial charge in [-0.25, -0.2) is 8.42 Å². The molecule has 0 spiro atoms. The molecule has 7 nitrogen and oxygen atoms in total. The lowest BCUT2D eigenvalue weighted by Crippen LogP contribution is -2.49. The second-order valence-corrected chi connectivity index (χ2v) is 11.2. The van der Waals surface area contributed by atoms with Crippen LogP contribution in [0.2, 0.25) is 10.0 Å². The van der Waals surface area contributed by atoms with Gasteiger partial charge in [-0.1, -0.05) is 41.4 Å². The van der Waals surface area contributed by atoms with E-state index in [4.69, 9.17) is 23.2 Å². The summed E-state index contributed by atoms with van der Waals surface area (Å²) in [5, 5.41) is 3.84.